The summed E-state index contributed by atoms with van der Waals surface area (Å²) in [7, 11) is -2.21. The van der Waals surface area contributed by atoms with Crippen molar-refractivity contribution < 1.29 is 22.4 Å². The molecule has 0 atom stereocenters. The Morgan fingerprint density at radius 3 is 2.60 bits per heavy atom. The number of amides is 1. The molecule has 162 valence electrons. The highest BCUT2D eigenvalue weighted by molar-refractivity contribution is 7.89. The van der Waals surface area contributed by atoms with Gasteiger partial charge in [0.2, 0.25) is 15.9 Å². The molecule has 1 saturated heterocycles. The fourth-order valence-corrected chi connectivity index (χ4v) is 4.79. The highest BCUT2D eigenvalue weighted by atomic mass is 32.2. The van der Waals surface area contributed by atoms with Gasteiger partial charge in [-0.1, -0.05) is 0 Å². The predicted molar refractivity (Wildman–Crippen MR) is 115 cm³/mol. The molecule has 0 radical (unpaired) electrons. The number of carbonyl (C=O) groups excluding carboxylic acids is 1. The van der Waals surface area contributed by atoms with Crippen LogP contribution in [0, 0.1) is 19.8 Å². The molecule has 0 saturated carbocycles. The Morgan fingerprint density at radius 2 is 1.97 bits per heavy atom. The number of hydrogen-bond donors (Lipinski definition) is 1. The van der Waals surface area contributed by atoms with E-state index in [4.69, 9.17) is 9.15 Å². The standard InChI is InChI=1S/C22H28N2O5S/c1-16-13-20(28-3)21(14-17(16)2)30(26,27)23-15-18-8-10-24(11-9-18)22(25)7-6-19-5-4-12-29-19/h4-7,12-14,18,23H,8-11,15H2,1-3H3/b7-6+. The molecule has 1 aromatic carbocycles. The first-order valence-electron chi connectivity index (χ1n) is 9.95. The molecule has 7 nitrogen and oxygen atoms in total. The average molecular weight is 433 g/mol. The smallest absolute Gasteiger partial charge is 0.246 e. The van der Waals surface area contributed by atoms with Crippen molar-refractivity contribution in [3.8, 4) is 5.75 Å². The summed E-state index contributed by atoms with van der Waals surface area (Å²) in [5.41, 5.74) is 1.87. The summed E-state index contributed by atoms with van der Waals surface area (Å²) in [5, 5.41) is 0. The van der Waals surface area contributed by atoms with Crippen molar-refractivity contribution in [3.05, 3.63) is 53.5 Å². The minimum Gasteiger partial charge on any atom is -0.495 e. The minimum atomic E-state index is -3.68. The zero-order valence-electron chi connectivity index (χ0n) is 17.6. The van der Waals surface area contributed by atoms with Gasteiger partial charge in [0.1, 0.15) is 16.4 Å². The van der Waals surface area contributed by atoms with E-state index >= 15 is 0 Å². The van der Waals surface area contributed by atoms with Crippen molar-refractivity contribution in [1.82, 2.24) is 9.62 Å². The van der Waals surface area contributed by atoms with Gasteiger partial charge in [0, 0.05) is 25.7 Å². The second kappa shape index (κ2) is 9.49. The molecule has 0 spiro atoms. The van der Waals surface area contributed by atoms with Crippen LogP contribution in [-0.4, -0.2) is 46.0 Å². The van der Waals surface area contributed by atoms with Crippen molar-refractivity contribution in [2.75, 3.05) is 26.7 Å². The van der Waals surface area contributed by atoms with Gasteiger partial charge in [-0.25, -0.2) is 13.1 Å². The Bertz CT molecular complexity index is 1000. The van der Waals surface area contributed by atoms with Crippen molar-refractivity contribution in [1.29, 1.82) is 0 Å². The highest BCUT2D eigenvalue weighted by Gasteiger charge is 2.25. The van der Waals surface area contributed by atoms with E-state index in [0.29, 0.717) is 31.1 Å². The lowest BCUT2D eigenvalue weighted by atomic mass is 9.97. The van der Waals surface area contributed by atoms with Crippen LogP contribution in [-0.2, 0) is 14.8 Å². The summed E-state index contributed by atoms with van der Waals surface area (Å²) in [6, 6.07) is 6.93. The lowest BCUT2D eigenvalue weighted by Crippen LogP contribution is -2.41. The summed E-state index contributed by atoms with van der Waals surface area (Å²) in [6.45, 7) is 5.32. The monoisotopic (exact) mass is 432 g/mol. The number of nitrogens with zero attached hydrogens (tertiary/aromatic N) is 1. The third-order valence-corrected chi connectivity index (χ3v) is 6.94. The molecular weight excluding hydrogens is 404 g/mol. The topological polar surface area (TPSA) is 88.9 Å². The summed E-state index contributed by atoms with van der Waals surface area (Å²) >= 11 is 0. The van der Waals surface area contributed by atoms with Crippen LogP contribution in [0.15, 0.2) is 45.9 Å². The predicted octanol–water partition coefficient (Wildman–Crippen LogP) is 3.14. The number of rotatable bonds is 7. The minimum absolute atomic E-state index is 0.0645. The van der Waals surface area contributed by atoms with Gasteiger partial charge < -0.3 is 14.1 Å². The van der Waals surface area contributed by atoms with E-state index in [1.165, 1.54) is 13.2 Å². The SMILES string of the molecule is COc1cc(C)c(C)cc1S(=O)(=O)NCC1CCN(C(=O)/C=C/c2ccco2)CC1. The molecule has 2 aromatic rings. The maximum atomic E-state index is 12.8. The molecule has 0 unspecified atom stereocenters. The second-order valence-electron chi connectivity index (χ2n) is 7.56. The van der Waals surface area contributed by atoms with Crippen LogP contribution in [0.1, 0.15) is 29.7 Å². The van der Waals surface area contributed by atoms with Gasteiger partial charge >= 0.3 is 0 Å². The maximum absolute atomic E-state index is 12.8. The Hall–Kier alpha value is -2.58. The molecule has 0 bridgehead atoms. The number of nitrogens with one attached hydrogen (secondary N) is 1. The van der Waals surface area contributed by atoms with Gasteiger partial charge in [-0.05, 0) is 74.1 Å². The van der Waals surface area contributed by atoms with Crippen molar-refractivity contribution in [2.24, 2.45) is 5.92 Å². The van der Waals surface area contributed by atoms with Gasteiger partial charge in [-0.3, -0.25) is 4.79 Å². The summed E-state index contributed by atoms with van der Waals surface area (Å²) in [5.74, 6) is 1.09. The quantitative estimate of drug-likeness (QED) is 0.679. The third-order valence-electron chi connectivity index (χ3n) is 5.49. The first-order chi connectivity index (χ1) is 14.3. The number of benzene rings is 1. The third kappa shape index (κ3) is 5.31. The lowest BCUT2D eigenvalue weighted by Gasteiger charge is -2.31. The fourth-order valence-electron chi connectivity index (χ4n) is 3.44. The van der Waals surface area contributed by atoms with Gasteiger partial charge in [-0.15, -0.1) is 0 Å². The van der Waals surface area contributed by atoms with Crippen LogP contribution < -0.4 is 9.46 Å². The normalized spacial score (nSPS) is 15.6. The number of furan rings is 1. The largest absolute Gasteiger partial charge is 0.495 e. The first-order valence-corrected chi connectivity index (χ1v) is 11.4. The number of likely N-dealkylation sites (tertiary alicyclic amines) is 1. The van der Waals surface area contributed by atoms with Gasteiger partial charge in [0.25, 0.3) is 0 Å². The molecule has 1 aliphatic rings. The molecule has 1 aliphatic heterocycles. The molecule has 1 aromatic heterocycles. The fraction of sp³-hybridized carbons (Fsp3) is 0.409. The van der Waals surface area contributed by atoms with E-state index in [1.54, 1.807) is 41.5 Å². The van der Waals surface area contributed by atoms with E-state index in [2.05, 4.69) is 4.72 Å². The molecule has 8 heteroatoms. The van der Waals surface area contributed by atoms with E-state index < -0.39 is 10.0 Å². The van der Waals surface area contributed by atoms with Crippen LogP contribution in [0.25, 0.3) is 6.08 Å². The molecule has 3 rings (SSSR count). The molecule has 1 amide bonds. The second-order valence-corrected chi connectivity index (χ2v) is 9.29. The number of sulfonamides is 1. The molecule has 0 aliphatic carbocycles. The van der Waals surface area contributed by atoms with Gasteiger partial charge in [-0.2, -0.15) is 0 Å². The van der Waals surface area contributed by atoms with Gasteiger partial charge in [0.15, 0.2) is 0 Å². The maximum Gasteiger partial charge on any atom is 0.246 e. The van der Waals surface area contributed by atoms with Crippen LogP contribution in [0.5, 0.6) is 5.75 Å². The summed E-state index contributed by atoms with van der Waals surface area (Å²) in [6.07, 6.45) is 6.21. The average Bonchev–Trinajstić information content (AvgIpc) is 3.26. The molecule has 1 N–H and O–H groups in total. The van der Waals surface area contributed by atoms with E-state index in [-0.39, 0.29) is 16.7 Å². The molecular formula is C22H28N2O5S. The van der Waals surface area contributed by atoms with Crippen molar-refractivity contribution in [2.45, 2.75) is 31.6 Å². The highest BCUT2D eigenvalue weighted by Crippen LogP contribution is 2.27. The molecule has 30 heavy (non-hydrogen) atoms. The molecule has 2 heterocycles. The Labute approximate surface area is 177 Å². The van der Waals surface area contributed by atoms with Crippen LogP contribution in [0.4, 0.5) is 0 Å². The number of ether oxygens (including phenoxy) is 1. The van der Waals surface area contributed by atoms with Gasteiger partial charge in [0.05, 0.1) is 13.4 Å². The Balaban J connectivity index is 1.54. The van der Waals surface area contributed by atoms with E-state index in [9.17, 15) is 13.2 Å². The number of carbonyl (C=O) groups is 1. The van der Waals surface area contributed by atoms with Crippen molar-refractivity contribution >= 4 is 22.0 Å². The van der Waals surface area contributed by atoms with Crippen LogP contribution in [0.3, 0.4) is 0 Å². The van der Waals surface area contributed by atoms with Crippen LogP contribution in [0.2, 0.25) is 0 Å². The first kappa shape index (κ1) is 22.1. The Morgan fingerprint density at radius 1 is 1.27 bits per heavy atom. The summed E-state index contributed by atoms with van der Waals surface area (Å²) < 4.78 is 38.8. The van der Waals surface area contributed by atoms with Crippen LogP contribution >= 0.6 is 0 Å². The zero-order chi connectivity index (χ0) is 21.7. The number of methoxy groups -OCH3 is 1. The number of aryl methyl sites for hydroxylation is 2. The molecule has 1 fully saturated rings. The van der Waals surface area contributed by atoms with Crippen molar-refractivity contribution in [3.63, 3.8) is 0 Å². The summed E-state index contributed by atoms with van der Waals surface area (Å²) in [4.78, 5) is 14.2. The Kier molecular flexibility index (Phi) is 6.99. The number of piperidine rings is 1. The lowest BCUT2D eigenvalue weighted by molar-refractivity contribution is -0.127. The number of hydrogen-bond acceptors (Lipinski definition) is 5. The zero-order valence-corrected chi connectivity index (χ0v) is 18.4. The van der Waals surface area contributed by atoms with E-state index in [0.717, 1.165) is 24.0 Å². The van der Waals surface area contributed by atoms with E-state index in [1.807, 2.05) is 13.8 Å².